The number of aryl methyl sites for hydroxylation is 1. The number of hydrogen-bond donors (Lipinski definition) is 1. The molecule has 0 radical (unpaired) electrons. The summed E-state index contributed by atoms with van der Waals surface area (Å²) in [7, 11) is 1.85. The second-order valence-corrected chi connectivity index (χ2v) is 3.84. The number of para-hydroxylation sites is 1. The number of nitrogens with one attached hydrogen (secondary N) is 1. The summed E-state index contributed by atoms with van der Waals surface area (Å²) in [4.78, 5) is 4.23. The van der Waals surface area contributed by atoms with E-state index in [9.17, 15) is 4.39 Å². The third kappa shape index (κ3) is 2.22. The molecule has 2 aromatic rings. The summed E-state index contributed by atoms with van der Waals surface area (Å²) in [5.74, 6) is 0.651. The molecule has 4 heteroatoms. The Balaban J connectivity index is 2.57. The zero-order valence-electron chi connectivity index (χ0n) is 10.1. The highest BCUT2D eigenvalue weighted by Gasteiger charge is 2.12. The van der Waals surface area contributed by atoms with Crippen molar-refractivity contribution in [3.63, 3.8) is 0 Å². The lowest BCUT2D eigenvalue weighted by atomic mass is 10.1. The highest BCUT2D eigenvalue weighted by atomic mass is 19.1. The Labute approximate surface area is 100 Å². The number of aromatic nitrogens is 2. The summed E-state index contributed by atoms with van der Waals surface area (Å²) in [5, 5.41) is 3.05. The standard InChI is InChI=1S/C13H16FN3/c1-3-12-16-7-8-17(12)13-10(9-15-2)5-4-6-11(13)14/h4-8,15H,3,9H2,1-2H3. The maximum Gasteiger partial charge on any atom is 0.147 e. The Morgan fingerprint density at radius 1 is 1.41 bits per heavy atom. The van der Waals surface area contributed by atoms with Crippen LogP contribution in [0.4, 0.5) is 4.39 Å². The Bertz CT molecular complexity index is 505. The molecule has 1 aromatic heterocycles. The van der Waals surface area contributed by atoms with Gasteiger partial charge in [0.25, 0.3) is 0 Å². The molecule has 0 aliphatic carbocycles. The van der Waals surface area contributed by atoms with Crippen LogP contribution in [0.1, 0.15) is 18.3 Å². The first kappa shape index (κ1) is 11.8. The lowest BCUT2D eigenvalue weighted by Crippen LogP contribution is -2.11. The van der Waals surface area contributed by atoms with Crippen LogP contribution in [-0.4, -0.2) is 16.6 Å². The molecule has 0 atom stereocenters. The highest BCUT2D eigenvalue weighted by molar-refractivity contribution is 5.43. The van der Waals surface area contributed by atoms with Crippen LogP contribution in [-0.2, 0) is 13.0 Å². The van der Waals surface area contributed by atoms with Crippen LogP contribution in [0, 0.1) is 5.82 Å². The summed E-state index contributed by atoms with van der Waals surface area (Å²) in [6.07, 6.45) is 4.28. The van der Waals surface area contributed by atoms with Crippen LogP contribution in [0.3, 0.4) is 0 Å². The van der Waals surface area contributed by atoms with Crippen LogP contribution in [0.2, 0.25) is 0 Å². The molecule has 0 fully saturated rings. The summed E-state index contributed by atoms with van der Waals surface area (Å²) < 4.78 is 15.8. The van der Waals surface area contributed by atoms with Crippen molar-refractivity contribution in [2.24, 2.45) is 0 Å². The van der Waals surface area contributed by atoms with E-state index in [4.69, 9.17) is 0 Å². The molecule has 1 heterocycles. The van der Waals surface area contributed by atoms with Gasteiger partial charge in [-0.15, -0.1) is 0 Å². The van der Waals surface area contributed by atoms with Gasteiger partial charge in [-0.1, -0.05) is 19.1 Å². The van der Waals surface area contributed by atoms with Crippen LogP contribution in [0.5, 0.6) is 0 Å². The second-order valence-electron chi connectivity index (χ2n) is 3.84. The predicted octanol–water partition coefficient (Wildman–Crippen LogP) is 2.29. The molecule has 0 amide bonds. The Morgan fingerprint density at radius 3 is 2.94 bits per heavy atom. The van der Waals surface area contributed by atoms with Crippen LogP contribution >= 0.6 is 0 Å². The van der Waals surface area contributed by atoms with E-state index in [1.165, 1.54) is 6.07 Å². The topological polar surface area (TPSA) is 29.9 Å². The normalized spacial score (nSPS) is 10.8. The van der Waals surface area contributed by atoms with Crippen molar-refractivity contribution < 1.29 is 4.39 Å². The minimum absolute atomic E-state index is 0.217. The Hall–Kier alpha value is -1.68. The second kappa shape index (κ2) is 5.10. The van der Waals surface area contributed by atoms with Crippen molar-refractivity contribution in [3.05, 3.63) is 47.8 Å². The molecule has 17 heavy (non-hydrogen) atoms. The van der Waals surface area contributed by atoms with Crippen LogP contribution < -0.4 is 5.32 Å². The maximum absolute atomic E-state index is 14.0. The van der Waals surface area contributed by atoms with E-state index in [2.05, 4.69) is 10.3 Å². The van der Waals surface area contributed by atoms with E-state index in [1.807, 2.05) is 24.6 Å². The number of imidazole rings is 1. The first-order valence-corrected chi connectivity index (χ1v) is 5.72. The summed E-state index contributed by atoms with van der Waals surface area (Å²) >= 11 is 0. The quantitative estimate of drug-likeness (QED) is 0.878. The Kier molecular flexibility index (Phi) is 3.54. The van der Waals surface area contributed by atoms with Gasteiger partial charge in [-0.05, 0) is 18.7 Å². The zero-order chi connectivity index (χ0) is 12.3. The van der Waals surface area contributed by atoms with Crippen molar-refractivity contribution >= 4 is 0 Å². The molecular weight excluding hydrogens is 217 g/mol. The fourth-order valence-electron chi connectivity index (χ4n) is 1.96. The fraction of sp³-hybridized carbons (Fsp3) is 0.308. The first-order chi connectivity index (χ1) is 8.27. The van der Waals surface area contributed by atoms with Gasteiger partial charge in [0.05, 0.1) is 5.69 Å². The van der Waals surface area contributed by atoms with E-state index in [0.29, 0.717) is 12.2 Å². The molecule has 1 aromatic carbocycles. The van der Waals surface area contributed by atoms with Crippen molar-refractivity contribution in [2.45, 2.75) is 19.9 Å². The van der Waals surface area contributed by atoms with E-state index < -0.39 is 0 Å². The monoisotopic (exact) mass is 233 g/mol. The van der Waals surface area contributed by atoms with Gasteiger partial charge >= 0.3 is 0 Å². The molecule has 0 saturated heterocycles. The number of halogens is 1. The predicted molar refractivity (Wildman–Crippen MR) is 65.7 cm³/mol. The average molecular weight is 233 g/mol. The van der Waals surface area contributed by atoms with Gasteiger partial charge in [0.2, 0.25) is 0 Å². The minimum Gasteiger partial charge on any atom is -0.316 e. The van der Waals surface area contributed by atoms with Gasteiger partial charge < -0.3 is 9.88 Å². The number of nitrogens with zero attached hydrogens (tertiary/aromatic N) is 2. The van der Waals surface area contributed by atoms with E-state index in [1.54, 1.807) is 18.5 Å². The fourth-order valence-corrected chi connectivity index (χ4v) is 1.96. The van der Waals surface area contributed by atoms with Gasteiger partial charge in [-0.2, -0.15) is 0 Å². The van der Waals surface area contributed by atoms with Gasteiger partial charge in [-0.3, -0.25) is 0 Å². The highest BCUT2D eigenvalue weighted by Crippen LogP contribution is 2.20. The summed E-state index contributed by atoms with van der Waals surface area (Å²) in [6.45, 7) is 2.64. The summed E-state index contributed by atoms with van der Waals surface area (Å²) in [5.41, 5.74) is 1.52. The van der Waals surface area contributed by atoms with Gasteiger partial charge in [0.1, 0.15) is 11.6 Å². The van der Waals surface area contributed by atoms with Gasteiger partial charge in [0.15, 0.2) is 0 Å². The SMILES string of the molecule is CCc1nccn1-c1c(F)cccc1CNC. The average Bonchev–Trinajstić information content (AvgIpc) is 2.77. The molecule has 90 valence electrons. The van der Waals surface area contributed by atoms with Crippen molar-refractivity contribution in [1.82, 2.24) is 14.9 Å². The lowest BCUT2D eigenvalue weighted by Gasteiger charge is -2.13. The van der Waals surface area contributed by atoms with Crippen LogP contribution in [0.25, 0.3) is 5.69 Å². The minimum atomic E-state index is -0.217. The molecule has 0 aliphatic rings. The third-order valence-corrected chi connectivity index (χ3v) is 2.71. The van der Waals surface area contributed by atoms with Gasteiger partial charge in [-0.25, -0.2) is 9.37 Å². The lowest BCUT2D eigenvalue weighted by molar-refractivity contribution is 0.610. The van der Waals surface area contributed by atoms with Gasteiger partial charge in [0, 0.05) is 25.4 Å². The smallest absolute Gasteiger partial charge is 0.147 e. The first-order valence-electron chi connectivity index (χ1n) is 5.72. The number of benzene rings is 1. The van der Waals surface area contributed by atoms with Crippen LogP contribution in [0.15, 0.2) is 30.6 Å². The van der Waals surface area contributed by atoms with E-state index in [-0.39, 0.29) is 5.82 Å². The summed E-state index contributed by atoms with van der Waals surface area (Å²) in [6, 6.07) is 5.14. The van der Waals surface area contributed by atoms with Crippen molar-refractivity contribution in [1.29, 1.82) is 0 Å². The number of rotatable bonds is 4. The maximum atomic E-state index is 14.0. The van der Waals surface area contributed by atoms with Crippen molar-refractivity contribution in [2.75, 3.05) is 7.05 Å². The molecule has 0 aliphatic heterocycles. The van der Waals surface area contributed by atoms with E-state index >= 15 is 0 Å². The molecule has 1 N–H and O–H groups in total. The molecule has 0 spiro atoms. The molecule has 0 bridgehead atoms. The van der Waals surface area contributed by atoms with Crippen molar-refractivity contribution in [3.8, 4) is 5.69 Å². The van der Waals surface area contributed by atoms with E-state index in [0.717, 1.165) is 17.8 Å². The molecular formula is C13H16FN3. The zero-order valence-corrected chi connectivity index (χ0v) is 10.1. The molecule has 0 saturated carbocycles. The third-order valence-electron chi connectivity index (χ3n) is 2.71. The molecule has 2 rings (SSSR count). The number of hydrogen-bond acceptors (Lipinski definition) is 2. The Morgan fingerprint density at radius 2 is 2.24 bits per heavy atom. The molecule has 0 unspecified atom stereocenters. The largest absolute Gasteiger partial charge is 0.316 e. The molecule has 3 nitrogen and oxygen atoms in total.